The summed E-state index contributed by atoms with van der Waals surface area (Å²) in [5.41, 5.74) is 15.0. The van der Waals surface area contributed by atoms with Crippen LogP contribution in [0.1, 0.15) is 11.1 Å². The van der Waals surface area contributed by atoms with Gasteiger partial charge in [-0.15, -0.1) is 5.10 Å². The second kappa shape index (κ2) is 5.82. The van der Waals surface area contributed by atoms with Crippen molar-refractivity contribution in [2.45, 2.75) is 6.92 Å². The van der Waals surface area contributed by atoms with Crippen LogP contribution in [0.15, 0.2) is 58.7 Å². The van der Waals surface area contributed by atoms with E-state index in [1.165, 1.54) is 11.1 Å². The molecule has 0 saturated carbocycles. The van der Waals surface area contributed by atoms with Crippen molar-refractivity contribution in [2.24, 2.45) is 21.7 Å². The summed E-state index contributed by atoms with van der Waals surface area (Å²) in [5, 5.41) is 7.39. The monoisotopic (exact) mass is 252 g/mol. The first-order chi connectivity index (χ1) is 9.16. The van der Waals surface area contributed by atoms with Crippen LogP contribution in [0, 0.1) is 6.92 Å². The van der Waals surface area contributed by atoms with Crippen LogP contribution in [-0.2, 0) is 0 Å². The number of aryl methyl sites for hydroxylation is 1. The molecule has 0 aliphatic carbocycles. The summed E-state index contributed by atoms with van der Waals surface area (Å²) in [4.78, 5) is 0. The molecule has 0 saturated heterocycles. The van der Waals surface area contributed by atoms with E-state index in [1.54, 1.807) is 6.21 Å². The van der Waals surface area contributed by atoms with E-state index in [-0.39, 0.29) is 5.96 Å². The van der Waals surface area contributed by atoms with Crippen molar-refractivity contribution >= 4 is 12.2 Å². The Morgan fingerprint density at radius 2 is 1.84 bits per heavy atom. The molecule has 0 aliphatic heterocycles. The number of nitrogens with zero attached hydrogens (tertiary/aromatic N) is 2. The number of nitrogens with two attached hydrogens (primary N) is 2. The lowest BCUT2D eigenvalue weighted by Gasteiger charge is -2.06. The molecule has 96 valence electrons. The van der Waals surface area contributed by atoms with Crippen LogP contribution in [0.4, 0.5) is 0 Å². The Balaban J connectivity index is 2.32. The molecule has 0 unspecified atom stereocenters. The SMILES string of the molecule is Cc1ccccc1-c1cccc(C=NN=C(N)N)c1. The molecule has 0 atom stereocenters. The van der Waals surface area contributed by atoms with Gasteiger partial charge < -0.3 is 11.5 Å². The van der Waals surface area contributed by atoms with Gasteiger partial charge in [-0.1, -0.05) is 42.5 Å². The standard InChI is InChI=1S/C15H16N4/c1-11-5-2-3-8-14(11)13-7-4-6-12(9-13)10-18-19-15(16)17/h2-10H,1H3,(H4,16,17,19). The summed E-state index contributed by atoms with van der Waals surface area (Å²) in [6.45, 7) is 2.09. The predicted octanol–water partition coefficient (Wildman–Crippen LogP) is 2.27. The highest BCUT2D eigenvalue weighted by Gasteiger charge is 2.00. The van der Waals surface area contributed by atoms with Gasteiger partial charge in [0, 0.05) is 0 Å². The van der Waals surface area contributed by atoms with E-state index in [4.69, 9.17) is 11.5 Å². The maximum Gasteiger partial charge on any atom is 0.211 e. The molecule has 19 heavy (non-hydrogen) atoms. The molecule has 0 fully saturated rings. The van der Waals surface area contributed by atoms with E-state index in [0.717, 1.165) is 11.1 Å². The fraction of sp³-hybridized carbons (Fsp3) is 0.0667. The molecule has 0 spiro atoms. The first-order valence-corrected chi connectivity index (χ1v) is 5.95. The molecule has 0 amide bonds. The van der Waals surface area contributed by atoms with Crippen LogP contribution in [-0.4, -0.2) is 12.2 Å². The number of guanidine groups is 1. The Bertz CT molecular complexity index is 626. The van der Waals surface area contributed by atoms with Gasteiger partial charge in [0.25, 0.3) is 0 Å². The lowest BCUT2D eigenvalue weighted by atomic mass is 9.99. The van der Waals surface area contributed by atoms with Gasteiger partial charge in [-0.3, -0.25) is 0 Å². The lowest BCUT2D eigenvalue weighted by Crippen LogP contribution is -2.21. The fourth-order valence-electron chi connectivity index (χ4n) is 1.85. The molecule has 2 aromatic carbocycles. The van der Waals surface area contributed by atoms with Crippen LogP contribution in [0.2, 0.25) is 0 Å². The highest BCUT2D eigenvalue weighted by Crippen LogP contribution is 2.23. The summed E-state index contributed by atoms with van der Waals surface area (Å²) in [7, 11) is 0. The lowest BCUT2D eigenvalue weighted by molar-refractivity contribution is 1.21. The topological polar surface area (TPSA) is 76.8 Å². The van der Waals surface area contributed by atoms with E-state index < -0.39 is 0 Å². The van der Waals surface area contributed by atoms with Gasteiger partial charge in [0.05, 0.1) is 6.21 Å². The zero-order chi connectivity index (χ0) is 13.7. The Morgan fingerprint density at radius 1 is 1.05 bits per heavy atom. The normalized spacial score (nSPS) is 10.6. The van der Waals surface area contributed by atoms with E-state index in [1.807, 2.05) is 30.3 Å². The summed E-state index contributed by atoms with van der Waals surface area (Å²) in [6, 6.07) is 16.3. The smallest absolute Gasteiger partial charge is 0.211 e. The molecule has 0 radical (unpaired) electrons. The van der Waals surface area contributed by atoms with E-state index >= 15 is 0 Å². The number of benzene rings is 2. The fourth-order valence-corrected chi connectivity index (χ4v) is 1.85. The van der Waals surface area contributed by atoms with Gasteiger partial charge in [0.15, 0.2) is 0 Å². The van der Waals surface area contributed by atoms with Gasteiger partial charge in [-0.2, -0.15) is 5.10 Å². The molecule has 0 bridgehead atoms. The minimum atomic E-state index is -0.0497. The zero-order valence-corrected chi connectivity index (χ0v) is 10.7. The molecular weight excluding hydrogens is 236 g/mol. The van der Waals surface area contributed by atoms with E-state index in [0.29, 0.717) is 0 Å². The molecule has 4 N–H and O–H groups in total. The van der Waals surface area contributed by atoms with E-state index in [2.05, 4.69) is 35.3 Å². The third-order valence-corrected chi connectivity index (χ3v) is 2.72. The van der Waals surface area contributed by atoms with Gasteiger partial charge >= 0.3 is 0 Å². The average Bonchev–Trinajstić information content (AvgIpc) is 2.39. The average molecular weight is 252 g/mol. The first-order valence-electron chi connectivity index (χ1n) is 5.95. The predicted molar refractivity (Wildman–Crippen MR) is 80.0 cm³/mol. The first kappa shape index (κ1) is 12.8. The van der Waals surface area contributed by atoms with Gasteiger partial charge in [0.2, 0.25) is 5.96 Å². The highest BCUT2D eigenvalue weighted by molar-refractivity contribution is 5.84. The Morgan fingerprint density at radius 3 is 2.58 bits per heavy atom. The van der Waals surface area contributed by atoms with Crippen molar-refractivity contribution in [3.63, 3.8) is 0 Å². The number of rotatable bonds is 3. The van der Waals surface area contributed by atoms with Crippen LogP contribution in [0.5, 0.6) is 0 Å². The molecule has 0 heterocycles. The summed E-state index contributed by atoms with van der Waals surface area (Å²) in [6.07, 6.45) is 1.63. The summed E-state index contributed by atoms with van der Waals surface area (Å²) >= 11 is 0. The van der Waals surface area contributed by atoms with Crippen LogP contribution in [0.25, 0.3) is 11.1 Å². The van der Waals surface area contributed by atoms with Crippen molar-refractivity contribution in [1.29, 1.82) is 0 Å². The minimum Gasteiger partial charge on any atom is -0.369 e. The molecular formula is C15H16N4. The maximum atomic E-state index is 5.21. The summed E-state index contributed by atoms with van der Waals surface area (Å²) < 4.78 is 0. The molecule has 4 nitrogen and oxygen atoms in total. The second-order valence-corrected chi connectivity index (χ2v) is 4.21. The van der Waals surface area contributed by atoms with Crippen LogP contribution < -0.4 is 11.5 Å². The van der Waals surface area contributed by atoms with Crippen molar-refractivity contribution in [2.75, 3.05) is 0 Å². The largest absolute Gasteiger partial charge is 0.369 e. The maximum absolute atomic E-state index is 5.21. The molecule has 4 heteroatoms. The van der Waals surface area contributed by atoms with Crippen LogP contribution >= 0.6 is 0 Å². The molecule has 2 aromatic rings. The third kappa shape index (κ3) is 3.42. The quantitative estimate of drug-likeness (QED) is 0.499. The summed E-state index contributed by atoms with van der Waals surface area (Å²) in [5.74, 6) is -0.0497. The van der Waals surface area contributed by atoms with Gasteiger partial charge in [-0.05, 0) is 35.2 Å². The number of hydrogen-bond donors (Lipinski definition) is 2. The minimum absolute atomic E-state index is 0.0497. The second-order valence-electron chi connectivity index (χ2n) is 4.21. The van der Waals surface area contributed by atoms with Crippen molar-refractivity contribution in [3.05, 3.63) is 59.7 Å². The Hall–Kier alpha value is -2.62. The molecule has 0 aliphatic rings. The zero-order valence-electron chi connectivity index (χ0n) is 10.7. The van der Waals surface area contributed by atoms with Crippen molar-refractivity contribution in [3.8, 4) is 11.1 Å². The molecule has 2 rings (SSSR count). The van der Waals surface area contributed by atoms with E-state index in [9.17, 15) is 0 Å². The van der Waals surface area contributed by atoms with Gasteiger partial charge in [-0.25, -0.2) is 0 Å². The van der Waals surface area contributed by atoms with Crippen molar-refractivity contribution < 1.29 is 0 Å². The highest BCUT2D eigenvalue weighted by atomic mass is 15.3. The Labute approximate surface area is 112 Å². The third-order valence-electron chi connectivity index (χ3n) is 2.72. The van der Waals surface area contributed by atoms with Crippen molar-refractivity contribution in [1.82, 2.24) is 0 Å². The Kier molecular flexibility index (Phi) is 3.93. The van der Waals surface area contributed by atoms with Gasteiger partial charge in [0.1, 0.15) is 0 Å². The van der Waals surface area contributed by atoms with Crippen LogP contribution in [0.3, 0.4) is 0 Å². The number of hydrogen-bond acceptors (Lipinski definition) is 2. The molecule has 0 aromatic heterocycles.